The molecule has 0 heterocycles. The lowest BCUT2D eigenvalue weighted by molar-refractivity contribution is -0.137. The number of carboxylic acid groups (broad SMARTS) is 1. The zero-order valence-electron chi connectivity index (χ0n) is 12.1. The van der Waals surface area contributed by atoms with Crippen LogP contribution < -0.4 is 5.32 Å². The molecule has 2 N–H and O–H groups in total. The van der Waals surface area contributed by atoms with E-state index in [0.717, 1.165) is 11.1 Å². The molecular formula is C15H22N2O3. The summed E-state index contributed by atoms with van der Waals surface area (Å²) < 4.78 is 0. The van der Waals surface area contributed by atoms with Crippen LogP contribution in [0.15, 0.2) is 24.3 Å². The first kappa shape index (κ1) is 16.0. The molecule has 0 unspecified atom stereocenters. The van der Waals surface area contributed by atoms with Gasteiger partial charge in [-0.3, -0.25) is 4.79 Å². The highest BCUT2D eigenvalue weighted by molar-refractivity contribution is 5.74. The van der Waals surface area contributed by atoms with Crippen molar-refractivity contribution in [2.75, 3.05) is 13.1 Å². The normalized spacial score (nSPS) is 10.1. The second-order valence-electron chi connectivity index (χ2n) is 4.67. The number of carbonyl (C=O) groups is 2. The second-order valence-corrected chi connectivity index (χ2v) is 4.67. The van der Waals surface area contributed by atoms with Crippen LogP contribution in [0.25, 0.3) is 0 Å². The Labute approximate surface area is 119 Å². The Hall–Kier alpha value is -2.04. The highest BCUT2D eigenvalue weighted by Gasteiger charge is 2.12. The Bertz CT molecular complexity index is 460. The molecule has 1 rings (SSSR count). The maximum absolute atomic E-state index is 12.0. The fourth-order valence-corrected chi connectivity index (χ4v) is 1.87. The Morgan fingerprint density at radius 2 is 2.00 bits per heavy atom. The van der Waals surface area contributed by atoms with Crippen LogP contribution in [0, 0.1) is 6.92 Å². The first-order chi connectivity index (χ1) is 9.54. The van der Waals surface area contributed by atoms with Gasteiger partial charge in [0, 0.05) is 26.1 Å². The number of rotatable bonds is 7. The minimum Gasteiger partial charge on any atom is -0.481 e. The molecule has 0 saturated heterocycles. The minimum absolute atomic E-state index is 0.0736. The number of carboxylic acids is 1. The quantitative estimate of drug-likeness (QED) is 0.752. The van der Waals surface area contributed by atoms with Gasteiger partial charge in [0.1, 0.15) is 0 Å². The monoisotopic (exact) mass is 278 g/mol. The van der Waals surface area contributed by atoms with Crippen LogP contribution in [-0.2, 0) is 11.3 Å². The zero-order chi connectivity index (χ0) is 15.0. The van der Waals surface area contributed by atoms with Crippen LogP contribution in [0.4, 0.5) is 4.79 Å². The summed E-state index contributed by atoms with van der Waals surface area (Å²) in [4.78, 5) is 24.1. The van der Waals surface area contributed by atoms with Gasteiger partial charge in [-0.25, -0.2) is 4.79 Å². The van der Waals surface area contributed by atoms with Gasteiger partial charge in [-0.1, -0.05) is 24.3 Å². The SMILES string of the molecule is CCN(Cc1ccccc1C)C(=O)NCCCC(=O)O. The van der Waals surface area contributed by atoms with E-state index in [1.807, 2.05) is 38.1 Å². The summed E-state index contributed by atoms with van der Waals surface area (Å²) >= 11 is 0. The third kappa shape index (κ3) is 5.30. The van der Waals surface area contributed by atoms with Gasteiger partial charge in [-0.05, 0) is 31.4 Å². The zero-order valence-corrected chi connectivity index (χ0v) is 12.1. The van der Waals surface area contributed by atoms with Crippen LogP contribution in [0.5, 0.6) is 0 Å². The van der Waals surface area contributed by atoms with E-state index in [9.17, 15) is 9.59 Å². The summed E-state index contributed by atoms with van der Waals surface area (Å²) in [6, 6.07) is 7.81. The number of aryl methyl sites for hydroxylation is 1. The Morgan fingerprint density at radius 1 is 1.30 bits per heavy atom. The van der Waals surface area contributed by atoms with Gasteiger partial charge in [0.15, 0.2) is 0 Å². The maximum atomic E-state index is 12.0. The van der Waals surface area contributed by atoms with Crippen molar-refractivity contribution < 1.29 is 14.7 Å². The van der Waals surface area contributed by atoms with E-state index in [4.69, 9.17) is 5.11 Å². The smallest absolute Gasteiger partial charge is 0.317 e. The number of amides is 2. The van der Waals surface area contributed by atoms with Crippen molar-refractivity contribution in [2.45, 2.75) is 33.2 Å². The van der Waals surface area contributed by atoms with Crippen LogP contribution >= 0.6 is 0 Å². The van der Waals surface area contributed by atoms with Crippen molar-refractivity contribution in [2.24, 2.45) is 0 Å². The fraction of sp³-hybridized carbons (Fsp3) is 0.467. The highest BCUT2D eigenvalue weighted by atomic mass is 16.4. The number of hydrogen-bond acceptors (Lipinski definition) is 2. The minimum atomic E-state index is -0.841. The van der Waals surface area contributed by atoms with E-state index in [1.165, 1.54) is 0 Å². The standard InChI is InChI=1S/C15H22N2O3/c1-3-17(11-13-8-5-4-7-12(13)2)15(20)16-10-6-9-14(18)19/h4-5,7-8H,3,6,9-11H2,1-2H3,(H,16,20)(H,18,19). The third-order valence-corrected chi connectivity index (χ3v) is 3.14. The van der Waals surface area contributed by atoms with E-state index < -0.39 is 5.97 Å². The molecule has 0 aliphatic heterocycles. The number of nitrogens with one attached hydrogen (secondary N) is 1. The predicted octanol–water partition coefficient (Wildman–Crippen LogP) is 2.39. The number of carbonyl (C=O) groups excluding carboxylic acids is 1. The first-order valence-corrected chi connectivity index (χ1v) is 6.83. The lowest BCUT2D eigenvalue weighted by Crippen LogP contribution is -2.40. The lowest BCUT2D eigenvalue weighted by atomic mass is 10.1. The molecule has 0 spiro atoms. The maximum Gasteiger partial charge on any atom is 0.317 e. The van der Waals surface area contributed by atoms with Gasteiger partial charge < -0.3 is 15.3 Å². The third-order valence-electron chi connectivity index (χ3n) is 3.14. The molecule has 0 aromatic heterocycles. The predicted molar refractivity (Wildman–Crippen MR) is 77.5 cm³/mol. The summed E-state index contributed by atoms with van der Waals surface area (Å²) in [6.07, 6.45) is 0.521. The summed E-state index contributed by atoms with van der Waals surface area (Å²) in [6.45, 7) is 5.51. The molecule has 0 aliphatic rings. The average Bonchev–Trinajstić information content (AvgIpc) is 2.42. The molecule has 110 valence electrons. The number of nitrogens with zero attached hydrogens (tertiary/aromatic N) is 1. The summed E-state index contributed by atoms with van der Waals surface area (Å²) in [5.74, 6) is -0.841. The van der Waals surface area contributed by atoms with E-state index in [-0.39, 0.29) is 12.5 Å². The van der Waals surface area contributed by atoms with Crippen molar-refractivity contribution in [3.63, 3.8) is 0 Å². The van der Waals surface area contributed by atoms with E-state index >= 15 is 0 Å². The molecular weight excluding hydrogens is 256 g/mol. The highest BCUT2D eigenvalue weighted by Crippen LogP contribution is 2.10. The van der Waals surface area contributed by atoms with Gasteiger partial charge in [-0.2, -0.15) is 0 Å². The molecule has 1 aromatic rings. The molecule has 2 amide bonds. The molecule has 0 fully saturated rings. The Morgan fingerprint density at radius 3 is 2.60 bits per heavy atom. The summed E-state index contributed by atoms with van der Waals surface area (Å²) in [5, 5.41) is 11.3. The van der Waals surface area contributed by atoms with Gasteiger partial charge in [-0.15, -0.1) is 0 Å². The molecule has 5 heteroatoms. The van der Waals surface area contributed by atoms with Crippen molar-refractivity contribution in [3.05, 3.63) is 35.4 Å². The van der Waals surface area contributed by atoms with E-state index in [2.05, 4.69) is 5.32 Å². The van der Waals surface area contributed by atoms with E-state index in [0.29, 0.717) is 26.1 Å². The van der Waals surface area contributed by atoms with Crippen molar-refractivity contribution in [1.82, 2.24) is 10.2 Å². The van der Waals surface area contributed by atoms with E-state index in [1.54, 1.807) is 4.90 Å². The van der Waals surface area contributed by atoms with Crippen LogP contribution in [0.2, 0.25) is 0 Å². The van der Waals surface area contributed by atoms with Crippen LogP contribution in [-0.4, -0.2) is 35.1 Å². The average molecular weight is 278 g/mol. The molecule has 0 saturated carbocycles. The van der Waals surface area contributed by atoms with Gasteiger partial charge in [0.05, 0.1) is 0 Å². The first-order valence-electron chi connectivity index (χ1n) is 6.83. The molecule has 0 radical (unpaired) electrons. The molecule has 0 aliphatic carbocycles. The van der Waals surface area contributed by atoms with Gasteiger partial charge in [0.2, 0.25) is 0 Å². The molecule has 0 bridgehead atoms. The number of urea groups is 1. The van der Waals surface area contributed by atoms with Crippen molar-refractivity contribution in [1.29, 1.82) is 0 Å². The Balaban J connectivity index is 2.47. The fourth-order valence-electron chi connectivity index (χ4n) is 1.87. The van der Waals surface area contributed by atoms with Gasteiger partial charge in [0.25, 0.3) is 0 Å². The molecule has 0 atom stereocenters. The van der Waals surface area contributed by atoms with Crippen LogP contribution in [0.3, 0.4) is 0 Å². The largest absolute Gasteiger partial charge is 0.481 e. The molecule has 20 heavy (non-hydrogen) atoms. The van der Waals surface area contributed by atoms with Crippen molar-refractivity contribution >= 4 is 12.0 Å². The van der Waals surface area contributed by atoms with Crippen LogP contribution in [0.1, 0.15) is 30.9 Å². The number of hydrogen-bond donors (Lipinski definition) is 2. The number of benzene rings is 1. The number of aliphatic carboxylic acids is 1. The van der Waals surface area contributed by atoms with Gasteiger partial charge >= 0.3 is 12.0 Å². The summed E-state index contributed by atoms with van der Waals surface area (Å²) in [5.41, 5.74) is 2.28. The Kier molecular flexibility index (Phi) is 6.56. The molecule has 1 aromatic carbocycles. The van der Waals surface area contributed by atoms with Crippen molar-refractivity contribution in [3.8, 4) is 0 Å². The summed E-state index contributed by atoms with van der Waals surface area (Å²) in [7, 11) is 0. The topological polar surface area (TPSA) is 69.6 Å². The lowest BCUT2D eigenvalue weighted by Gasteiger charge is -2.22. The second kappa shape index (κ2) is 8.19. The molecule has 5 nitrogen and oxygen atoms in total.